The van der Waals surface area contributed by atoms with Crippen LogP contribution in [0.4, 0.5) is 0 Å². The molecule has 0 saturated carbocycles. The second-order valence-electron chi connectivity index (χ2n) is 5.63. The van der Waals surface area contributed by atoms with Gasteiger partial charge in [-0.25, -0.2) is 4.98 Å². The van der Waals surface area contributed by atoms with Gasteiger partial charge in [0.2, 0.25) is 0 Å². The molecule has 1 aromatic carbocycles. The molecular formula is C19H20N2NaO2. The van der Waals surface area contributed by atoms with Crippen LogP contribution in [0.5, 0.6) is 5.75 Å². The van der Waals surface area contributed by atoms with E-state index in [9.17, 15) is 9.90 Å². The van der Waals surface area contributed by atoms with Crippen molar-refractivity contribution in [3.05, 3.63) is 64.6 Å². The van der Waals surface area contributed by atoms with Crippen LogP contribution in [0.25, 0.3) is 16.7 Å². The Labute approximate surface area is 163 Å². The summed E-state index contributed by atoms with van der Waals surface area (Å²) in [5.41, 5.74) is 1.54. The van der Waals surface area contributed by atoms with Crippen molar-refractivity contribution in [3.8, 4) is 11.4 Å². The van der Waals surface area contributed by atoms with E-state index in [1.165, 1.54) is 0 Å². The molecule has 0 atom stereocenters. The van der Waals surface area contributed by atoms with Crippen molar-refractivity contribution in [2.75, 3.05) is 0 Å². The van der Waals surface area contributed by atoms with Crippen molar-refractivity contribution in [2.24, 2.45) is 0 Å². The van der Waals surface area contributed by atoms with Crippen LogP contribution in [0.15, 0.2) is 53.5 Å². The summed E-state index contributed by atoms with van der Waals surface area (Å²) in [4.78, 5) is 17.3. The second-order valence-corrected chi connectivity index (χ2v) is 5.63. The first-order valence-corrected chi connectivity index (χ1v) is 8.01. The molecule has 2 aromatic heterocycles. The van der Waals surface area contributed by atoms with E-state index < -0.39 is 0 Å². The van der Waals surface area contributed by atoms with Crippen LogP contribution >= 0.6 is 0 Å². The molecule has 4 nitrogen and oxygen atoms in total. The van der Waals surface area contributed by atoms with E-state index >= 15 is 0 Å². The van der Waals surface area contributed by atoms with Crippen LogP contribution in [0, 0.1) is 0 Å². The number of aromatic hydroxyl groups is 1. The number of pyridine rings is 2. The normalized spacial score (nSPS) is 10.5. The first-order chi connectivity index (χ1) is 11.2. The van der Waals surface area contributed by atoms with Crippen LogP contribution in [-0.2, 0) is 6.42 Å². The van der Waals surface area contributed by atoms with Gasteiger partial charge >= 0.3 is 0 Å². The fourth-order valence-corrected chi connectivity index (χ4v) is 2.85. The van der Waals surface area contributed by atoms with Crippen molar-refractivity contribution in [1.82, 2.24) is 9.55 Å². The van der Waals surface area contributed by atoms with Gasteiger partial charge < -0.3 is 5.11 Å². The van der Waals surface area contributed by atoms with Crippen LogP contribution in [0.1, 0.15) is 31.7 Å². The number of hydrogen-bond acceptors (Lipinski definition) is 3. The zero-order chi connectivity index (χ0) is 16.2. The summed E-state index contributed by atoms with van der Waals surface area (Å²) in [6.07, 6.45) is 5.21. The molecule has 0 amide bonds. The zero-order valence-electron chi connectivity index (χ0n) is 14.2. The number of hydrogen-bond donors (Lipinski definition) is 1. The van der Waals surface area contributed by atoms with E-state index in [1.54, 1.807) is 22.9 Å². The molecule has 0 aliphatic carbocycles. The molecule has 0 unspecified atom stereocenters. The van der Waals surface area contributed by atoms with Gasteiger partial charge in [0.05, 0.1) is 16.6 Å². The molecule has 0 bridgehead atoms. The van der Waals surface area contributed by atoms with Gasteiger partial charge in [0.25, 0.3) is 5.56 Å². The molecule has 1 radical (unpaired) electrons. The number of nitrogens with zero attached hydrogens (tertiary/aromatic N) is 2. The van der Waals surface area contributed by atoms with Gasteiger partial charge in [-0.1, -0.05) is 38.0 Å². The maximum atomic E-state index is 13.0. The SMILES string of the molecule is CCCCCc1c(O)c2cccnc2n(-c2ccccc2)c1=O.[Na]. The second kappa shape index (κ2) is 8.47. The molecule has 3 rings (SSSR count). The summed E-state index contributed by atoms with van der Waals surface area (Å²) in [6.45, 7) is 2.12. The van der Waals surface area contributed by atoms with Crippen molar-refractivity contribution < 1.29 is 5.11 Å². The Bertz CT molecular complexity index is 876. The Hall–Kier alpha value is -1.62. The zero-order valence-corrected chi connectivity index (χ0v) is 16.2. The molecule has 0 aliphatic rings. The average molecular weight is 331 g/mol. The van der Waals surface area contributed by atoms with E-state index in [4.69, 9.17) is 0 Å². The maximum absolute atomic E-state index is 13.0. The number of aromatic nitrogens is 2. The number of para-hydroxylation sites is 1. The molecule has 0 fully saturated rings. The summed E-state index contributed by atoms with van der Waals surface area (Å²) in [6, 6.07) is 13.0. The number of benzene rings is 1. The number of rotatable bonds is 5. The third-order valence-corrected chi connectivity index (χ3v) is 4.05. The van der Waals surface area contributed by atoms with Crippen LogP contribution in [-0.4, -0.2) is 44.2 Å². The maximum Gasteiger partial charge on any atom is 0.263 e. The van der Waals surface area contributed by atoms with Crippen molar-refractivity contribution in [1.29, 1.82) is 0 Å². The molecule has 3 aromatic rings. The van der Waals surface area contributed by atoms with Gasteiger partial charge in [-0.05, 0) is 37.1 Å². The Balaban J connectivity index is 0.00000208. The topological polar surface area (TPSA) is 55.1 Å². The summed E-state index contributed by atoms with van der Waals surface area (Å²) in [7, 11) is 0. The van der Waals surface area contributed by atoms with Gasteiger partial charge in [0.15, 0.2) is 5.65 Å². The monoisotopic (exact) mass is 331 g/mol. The van der Waals surface area contributed by atoms with Gasteiger partial charge in [0.1, 0.15) is 5.75 Å². The molecule has 1 N–H and O–H groups in total. The average Bonchev–Trinajstić information content (AvgIpc) is 2.59. The quantitative estimate of drug-likeness (QED) is 0.575. The van der Waals surface area contributed by atoms with E-state index in [1.807, 2.05) is 30.3 Å². The summed E-state index contributed by atoms with van der Waals surface area (Å²) < 4.78 is 1.59. The van der Waals surface area contributed by atoms with Gasteiger partial charge in [-0.3, -0.25) is 9.36 Å². The molecule has 119 valence electrons. The fraction of sp³-hybridized carbons (Fsp3) is 0.263. The van der Waals surface area contributed by atoms with Crippen LogP contribution < -0.4 is 5.56 Å². The van der Waals surface area contributed by atoms with Gasteiger partial charge in [0, 0.05) is 35.8 Å². The van der Waals surface area contributed by atoms with Crippen LogP contribution in [0.3, 0.4) is 0 Å². The minimum Gasteiger partial charge on any atom is -0.507 e. The van der Waals surface area contributed by atoms with Gasteiger partial charge in [-0.2, -0.15) is 0 Å². The van der Waals surface area contributed by atoms with Crippen molar-refractivity contribution in [2.45, 2.75) is 32.6 Å². The first-order valence-electron chi connectivity index (χ1n) is 8.01. The van der Waals surface area contributed by atoms with Crippen LogP contribution in [0.2, 0.25) is 0 Å². The minimum atomic E-state index is -0.184. The minimum absolute atomic E-state index is 0. The number of unbranched alkanes of at least 4 members (excludes halogenated alkanes) is 2. The standard InChI is InChI=1S/C19H20N2O2.Na/c1-2-3-5-11-16-17(22)15-12-8-13-20-18(15)21(19(16)23)14-9-6-4-7-10-14;/h4,6-10,12-13,22H,2-3,5,11H2,1H3;. The van der Waals surface area contributed by atoms with E-state index in [2.05, 4.69) is 11.9 Å². The smallest absolute Gasteiger partial charge is 0.263 e. The number of fused-ring (bicyclic) bond motifs is 1. The molecule has 0 saturated heterocycles. The third-order valence-electron chi connectivity index (χ3n) is 4.05. The Morgan fingerprint density at radius 1 is 1.08 bits per heavy atom. The third kappa shape index (κ3) is 3.56. The van der Waals surface area contributed by atoms with E-state index in [-0.39, 0.29) is 40.9 Å². The Morgan fingerprint density at radius 2 is 1.83 bits per heavy atom. The largest absolute Gasteiger partial charge is 0.507 e. The predicted molar refractivity (Wildman–Crippen MR) is 98.0 cm³/mol. The molecule has 5 heteroatoms. The fourth-order valence-electron chi connectivity index (χ4n) is 2.85. The Morgan fingerprint density at radius 3 is 2.54 bits per heavy atom. The van der Waals surface area contributed by atoms with Gasteiger partial charge in [-0.15, -0.1) is 0 Å². The van der Waals surface area contributed by atoms with Crippen molar-refractivity contribution in [3.63, 3.8) is 0 Å². The molecule has 0 aliphatic heterocycles. The molecular weight excluding hydrogens is 311 g/mol. The van der Waals surface area contributed by atoms with E-state index in [0.29, 0.717) is 23.0 Å². The Kier molecular flexibility index (Phi) is 6.60. The molecule has 24 heavy (non-hydrogen) atoms. The molecule has 0 spiro atoms. The summed E-state index contributed by atoms with van der Waals surface area (Å²) in [5, 5.41) is 11.2. The van der Waals surface area contributed by atoms with E-state index in [0.717, 1.165) is 24.9 Å². The molecule has 2 heterocycles. The summed E-state index contributed by atoms with van der Waals surface area (Å²) in [5.74, 6) is 0.0707. The van der Waals surface area contributed by atoms with Crippen molar-refractivity contribution >= 4 is 40.6 Å². The predicted octanol–water partition coefficient (Wildman–Crippen LogP) is 3.44. The summed E-state index contributed by atoms with van der Waals surface area (Å²) >= 11 is 0. The first kappa shape index (κ1) is 18.7.